The number of carbonyl (C=O) groups is 1. The summed E-state index contributed by atoms with van der Waals surface area (Å²) in [6.07, 6.45) is 4.28. The Morgan fingerprint density at radius 1 is 1.09 bits per heavy atom. The Hall–Kier alpha value is -3.04. The zero-order valence-corrected chi connectivity index (χ0v) is 18.5. The molecule has 7 nitrogen and oxygen atoms in total. The number of hydrogen-bond acceptors (Lipinski definition) is 4. The topological polar surface area (TPSA) is 84.3 Å². The van der Waals surface area contributed by atoms with Gasteiger partial charge in [-0.05, 0) is 42.7 Å². The van der Waals surface area contributed by atoms with Crippen LogP contribution in [-0.4, -0.2) is 41.3 Å². The highest BCUT2D eigenvalue weighted by atomic mass is 32.2. The number of piperidine rings is 1. The van der Waals surface area contributed by atoms with E-state index in [2.05, 4.69) is 10.3 Å². The molecular weight excluding hydrogens is 431 g/mol. The number of rotatable bonds is 6. The van der Waals surface area contributed by atoms with Crippen LogP contribution in [-0.2, 0) is 21.9 Å². The minimum Gasteiger partial charge on any atom is -0.342 e. The molecule has 9 heteroatoms. The number of carbonyl (C=O) groups excluding carboxylic acids is 1. The number of hydrogen-bond donors (Lipinski definition) is 1. The number of amides is 1. The maximum absolute atomic E-state index is 13.4. The fourth-order valence-corrected chi connectivity index (χ4v) is 5.46. The largest absolute Gasteiger partial charge is 0.342 e. The van der Waals surface area contributed by atoms with Crippen molar-refractivity contribution in [3.05, 3.63) is 84.2 Å². The summed E-state index contributed by atoms with van der Waals surface area (Å²) in [6.45, 7) is 0.553. The Bertz CT molecular complexity index is 1170. The van der Waals surface area contributed by atoms with Crippen molar-refractivity contribution < 1.29 is 17.6 Å². The molecule has 0 spiro atoms. The van der Waals surface area contributed by atoms with E-state index in [-0.39, 0.29) is 35.6 Å². The van der Waals surface area contributed by atoms with Gasteiger partial charge in [0.05, 0.1) is 4.90 Å². The molecule has 1 atom stereocenters. The molecule has 2 aromatic carbocycles. The highest BCUT2D eigenvalue weighted by Crippen LogP contribution is 2.26. The van der Waals surface area contributed by atoms with Crippen LogP contribution in [0.1, 0.15) is 30.3 Å². The van der Waals surface area contributed by atoms with Gasteiger partial charge in [0, 0.05) is 38.4 Å². The van der Waals surface area contributed by atoms with Gasteiger partial charge in [0.2, 0.25) is 15.9 Å². The molecule has 0 radical (unpaired) electrons. The van der Waals surface area contributed by atoms with Gasteiger partial charge in [0.1, 0.15) is 17.7 Å². The van der Waals surface area contributed by atoms with Crippen molar-refractivity contribution in [3.63, 3.8) is 0 Å². The van der Waals surface area contributed by atoms with Crippen molar-refractivity contribution in [1.82, 2.24) is 19.2 Å². The van der Waals surface area contributed by atoms with Gasteiger partial charge < -0.3 is 9.88 Å². The maximum atomic E-state index is 13.4. The third-order valence-electron chi connectivity index (χ3n) is 5.81. The van der Waals surface area contributed by atoms with E-state index in [0.717, 1.165) is 5.56 Å². The van der Waals surface area contributed by atoms with Crippen molar-refractivity contribution in [2.45, 2.75) is 23.8 Å². The second-order valence-electron chi connectivity index (χ2n) is 7.88. The van der Waals surface area contributed by atoms with E-state index in [1.165, 1.54) is 16.4 Å². The molecule has 0 saturated carbocycles. The van der Waals surface area contributed by atoms with E-state index in [4.69, 9.17) is 0 Å². The van der Waals surface area contributed by atoms with Crippen molar-refractivity contribution in [1.29, 1.82) is 0 Å². The predicted octanol–water partition coefficient (Wildman–Crippen LogP) is 2.87. The van der Waals surface area contributed by atoms with Crippen LogP contribution in [0.15, 0.2) is 71.9 Å². The predicted molar refractivity (Wildman–Crippen MR) is 118 cm³/mol. The lowest BCUT2D eigenvalue weighted by molar-refractivity contribution is -0.126. The Labute approximate surface area is 186 Å². The van der Waals surface area contributed by atoms with Crippen LogP contribution in [0.5, 0.6) is 0 Å². The van der Waals surface area contributed by atoms with Gasteiger partial charge in [-0.2, -0.15) is 4.31 Å². The quantitative estimate of drug-likeness (QED) is 0.618. The van der Waals surface area contributed by atoms with Crippen molar-refractivity contribution >= 4 is 15.9 Å². The van der Waals surface area contributed by atoms with Crippen LogP contribution in [0.4, 0.5) is 4.39 Å². The van der Waals surface area contributed by atoms with E-state index >= 15 is 0 Å². The molecule has 3 aromatic rings. The lowest BCUT2D eigenvalue weighted by Crippen LogP contribution is -2.44. The Morgan fingerprint density at radius 3 is 2.34 bits per heavy atom. The highest BCUT2D eigenvalue weighted by Gasteiger charge is 2.33. The molecule has 1 aliphatic rings. The van der Waals surface area contributed by atoms with Gasteiger partial charge in [0.25, 0.3) is 0 Å². The first-order chi connectivity index (χ1) is 15.4. The van der Waals surface area contributed by atoms with Gasteiger partial charge in [-0.15, -0.1) is 0 Å². The number of nitrogens with zero attached hydrogens (tertiary/aromatic N) is 3. The van der Waals surface area contributed by atoms with Crippen LogP contribution < -0.4 is 5.32 Å². The van der Waals surface area contributed by atoms with E-state index < -0.39 is 16.1 Å². The number of aryl methyl sites for hydroxylation is 1. The molecule has 1 fully saturated rings. The van der Waals surface area contributed by atoms with Gasteiger partial charge in [0.15, 0.2) is 0 Å². The van der Waals surface area contributed by atoms with E-state index in [0.29, 0.717) is 18.7 Å². The van der Waals surface area contributed by atoms with Crippen molar-refractivity contribution in [3.8, 4) is 0 Å². The van der Waals surface area contributed by atoms with Crippen LogP contribution in [0.2, 0.25) is 0 Å². The molecular formula is C23H25FN4O3S. The Kier molecular flexibility index (Phi) is 6.38. The molecule has 168 valence electrons. The van der Waals surface area contributed by atoms with Crippen LogP contribution >= 0.6 is 0 Å². The van der Waals surface area contributed by atoms with Crippen molar-refractivity contribution in [2.24, 2.45) is 13.0 Å². The minimum atomic E-state index is -3.57. The molecule has 1 aliphatic heterocycles. The summed E-state index contributed by atoms with van der Waals surface area (Å²) >= 11 is 0. The van der Waals surface area contributed by atoms with Gasteiger partial charge in [-0.25, -0.2) is 17.8 Å². The zero-order valence-electron chi connectivity index (χ0n) is 17.7. The Morgan fingerprint density at radius 2 is 1.75 bits per heavy atom. The highest BCUT2D eigenvalue weighted by molar-refractivity contribution is 7.89. The van der Waals surface area contributed by atoms with E-state index in [1.807, 2.05) is 11.6 Å². The molecule has 0 aliphatic carbocycles. The first kappa shape index (κ1) is 22.2. The van der Waals surface area contributed by atoms with Gasteiger partial charge in [-0.1, -0.05) is 30.3 Å². The number of halogens is 1. The zero-order chi connectivity index (χ0) is 22.7. The maximum Gasteiger partial charge on any atom is 0.243 e. The fraction of sp³-hybridized carbons (Fsp3) is 0.304. The molecule has 1 N–H and O–H groups in total. The summed E-state index contributed by atoms with van der Waals surface area (Å²) in [6, 6.07) is 13.7. The van der Waals surface area contributed by atoms with Crippen molar-refractivity contribution in [2.75, 3.05) is 13.1 Å². The summed E-state index contributed by atoms with van der Waals surface area (Å²) in [4.78, 5) is 17.7. The normalized spacial score (nSPS) is 16.6. The summed E-state index contributed by atoms with van der Waals surface area (Å²) in [5.41, 5.74) is 0.721. The number of aromatic nitrogens is 2. The molecule has 32 heavy (non-hydrogen) atoms. The molecule has 0 bridgehead atoms. The first-order valence-electron chi connectivity index (χ1n) is 10.4. The molecule has 1 aromatic heterocycles. The number of nitrogens with one attached hydrogen (secondary N) is 1. The second-order valence-corrected chi connectivity index (χ2v) is 9.82. The molecule has 2 heterocycles. The van der Waals surface area contributed by atoms with E-state index in [9.17, 15) is 17.6 Å². The van der Waals surface area contributed by atoms with Gasteiger partial charge >= 0.3 is 0 Å². The third-order valence-corrected chi connectivity index (χ3v) is 7.73. The summed E-state index contributed by atoms with van der Waals surface area (Å²) < 4.78 is 42.3. The molecule has 0 unspecified atom stereocenters. The summed E-state index contributed by atoms with van der Waals surface area (Å²) in [5.74, 6) is -0.209. The number of benzene rings is 2. The average Bonchev–Trinajstić information content (AvgIpc) is 3.24. The number of sulfonamides is 1. The van der Waals surface area contributed by atoms with Crippen LogP contribution in [0, 0.1) is 11.7 Å². The molecule has 1 amide bonds. The second kappa shape index (κ2) is 9.22. The SMILES string of the molecule is Cn1ccnc1[C@H](NC(=O)C1CCN(S(=O)(=O)c2ccccc2)CC1)c1ccc(F)cc1. The Balaban J connectivity index is 1.46. The smallest absolute Gasteiger partial charge is 0.243 e. The lowest BCUT2D eigenvalue weighted by atomic mass is 9.96. The summed E-state index contributed by atoms with van der Waals surface area (Å²) in [7, 11) is -1.74. The fourth-order valence-electron chi connectivity index (χ4n) is 3.97. The number of imidazole rings is 1. The minimum absolute atomic E-state index is 0.168. The van der Waals surface area contributed by atoms with Gasteiger partial charge in [-0.3, -0.25) is 4.79 Å². The standard InChI is InChI=1S/C23H25FN4O3S/c1-27-16-13-25-22(27)21(17-7-9-19(24)10-8-17)26-23(29)18-11-14-28(15-12-18)32(30,31)20-5-3-2-4-6-20/h2-10,13,16,18,21H,11-12,14-15H2,1H3,(H,26,29)/t21-/m1/s1. The van der Waals surface area contributed by atoms with E-state index in [1.54, 1.807) is 54.9 Å². The monoisotopic (exact) mass is 456 g/mol. The first-order valence-corrected chi connectivity index (χ1v) is 11.9. The van der Waals surface area contributed by atoms with Crippen LogP contribution in [0.25, 0.3) is 0 Å². The average molecular weight is 457 g/mol. The third kappa shape index (κ3) is 4.58. The summed E-state index contributed by atoms with van der Waals surface area (Å²) in [5, 5.41) is 3.04. The lowest BCUT2D eigenvalue weighted by Gasteiger charge is -2.31. The van der Waals surface area contributed by atoms with Crippen LogP contribution in [0.3, 0.4) is 0 Å². The molecule has 1 saturated heterocycles. The molecule has 4 rings (SSSR count).